The summed E-state index contributed by atoms with van der Waals surface area (Å²) in [5.74, 6) is -2.29. The maximum Gasteiger partial charge on any atom is 0.307 e. The molecule has 24 heavy (non-hydrogen) atoms. The number of aryl methyl sites for hydroxylation is 1. The van der Waals surface area contributed by atoms with Crippen LogP contribution in [0.4, 0.5) is 0 Å². The number of carbonyl (C=O) groups is 2. The number of carbonyl (C=O) groups excluding carboxylic acids is 1. The molecule has 0 spiro atoms. The molecule has 0 aliphatic rings. The van der Waals surface area contributed by atoms with E-state index in [1.807, 2.05) is 0 Å². The highest BCUT2D eigenvalue weighted by molar-refractivity contribution is 6.40. The van der Waals surface area contributed by atoms with Crippen LogP contribution >= 0.6 is 23.2 Å². The number of phenolic OH excluding ortho intramolecular Hbond substituents is 1. The first-order chi connectivity index (χ1) is 11.3. The molecular weight excluding hydrogens is 351 g/mol. The molecule has 0 aliphatic carbocycles. The highest BCUT2D eigenvalue weighted by Gasteiger charge is 2.25. The van der Waals surface area contributed by atoms with Gasteiger partial charge in [-0.3, -0.25) is 9.59 Å². The Kier molecular flexibility index (Phi) is 5.86. The van der Waals surface area contributed by atoms with Crippen molar-refractivity contribution in [2.24, 2.45) is 5.92 Å². The second-order valence-electron chi connectivity index (χ2n) is 5.64. The monoisotopic (exact) mass is 366 g/mol. The van der Waals surface area contributed by atoms with Gasteiger partial charge >= 0.3 is 5.97 Å². The Morgan fingerprint density at radius 1 is 1.08 bits per heavy atom. The fourth-order valence-electron chi connectivity index (χ4n) is 2.46. The van der Waals surface area contributed by atoms with Crippen LogP contribution in [0.25, 0.3) is 0 Å². The first-order valence-corrected chi connectivity index (χ1v) is 8.03. The molecule has 2 N–H and O–H groups in total. The number of carboxylic acids is 1. The lowest BCUT2D eigenvalue weighted by atomic mass is 9.92. The molecule has 2 aromatic carbocycles. The lowest BCUT2D eigenvalue weighted by molar-refractivity contribution is -0.141. The van der Waals surface area contributed by atoms with Gasteiger partial charge in [-0.25, -0.2) is 0 Å². The average molecular weight is 367 g/mol. The minimum atomic E-state index is -1.07. The number of ketones is 1. The van der Waals surface area contributed by atoms with Crippen molar-refractivity contribution in [1.82, 2.24) is 0 Å². The fraction of sp³-hybridized carbons (Fsp3) is 0.222. The highest BCUT2D eigenvalue weighted by Crippen LogP contribution is 2.29. The molecule has 0 aromatic heterocycles. The lowest BCUT2D eigenvalue weighted by Crippen LogP contribution is -2.21. The summed E-state index contributed by atoms with van der Waals surface area (Å²) in [4.78, 5) is 24.0. The Labute approximate surface area is 149 Å². The summed E-state index contributed by atoms with van der Waals surface area (Å²) in [6, 6.07) is 9.45. The van der Waals surface area contributed by atoms with Gasteiger partial charge in [-0.15, -0.1) is 0 Å². The van der Waals surface area contributed by atoms with Gasteiger partial charge in [0.2, 0.25) is 0 Å². The number of hydrogen-bond acceptors (Lipinski definition) is 3. The number of carboxylic acid groups (broad SMARTS) is 1. The number of Topliss-reactive ketones (excluding diaryl/α,β-unsaturated/α-hetero) is 1. The molecule has 2 aromatic rings. The summed E-state index contributed by atoms with van der Waals surface area (Å²) in [6.45, 7) is 1.80. The van der Waals surface area contributed by atoms with Gasteiger partial charge in [-0.2, -0.15) is 0 Å². The van der Waals surface area contributed by atoms with E-state index >= 15 is 0 Å². The molecule has 0 heterocycles. The molecule has 0 fully saturated rings. The van der Waals surface area contributed by atoms with E-state index in [0.717, 1.165) is 5.56 Å². The van der Waals surface area contributed by atoms with Crippen LogP contribution in [0.15, 0.2) is 36.4 Å². The van der Waals surface area contributed by atoms with Crippen LogP contribution in [-0.4, -0.2) is 22.0 Å². The van der Waals surface area contributed by atoms with E-state index in [-0.39, 0.29) is 34.2 Å². The standard InChI is InChI=1S/C18H16Cl2O4/c1-10-6-14(19)17(15(20)7-10)16(22)9-12(18(23)24)8-11-2-4-13(21)5-3-11/h2-7,12,21H,8-9H2,1H3,(H,23,24)/t12-/m1/s1. The number of phenols is 1. The molecule has 0 amide bonds. The summed E-state index contributed by atoms with van der Waals surface area (Å²) in [5, 5.41) is 19.1. The van der Waals surface area contributed by atoms with Crippen molar-refractivity contribution in [1.29, 1.82) is 0 Å². The van der Waals surface area contributed by atoms with E-state index < -0.39 is 17.7 Å². The van der Waals surface area contributed by atoms with Crippen LogP contribution in [-0.2, 0) is 11.2 Å². The molecule has 1 atom stereocenters. The largest absolute Gasteiger partial charge is 0.508 e. The zero-order chi connectivity index (χ0) is 17.9. The summed E-state index contributed by atoms with van der Waals surface area (Å²) in [5.41, 5.74) is 1.69. The van der Waals surface area contributed by atoms with Crippen LogP contribution in [0.1, 0.15) is 27.9 Å². The Morgan fingerprint density at radius 2 is 1.62 bits per heavy atom. The maximum absolute atomic E-state index is 12.5. The zero-order valence-corrected chi connectivity index (χ0v) is 14.4. The van der Waals surface area contributed by atoms with Gasteiger partial charge in [0.05, 0.1) is 21.5 Å². The maximum atomic E-state index is 12.5. The van der Waals surface area contributed by atoms with E-state index in [0.29, 0.717) is 5.56 Å². The molecular formula is C18H16Cl2O4. The molecule has 2 rings (SSSR count). The van der Waals surface area contributed by atoms with Crippen LogP contribution in [0, 0.1) is 12.8 Å². The minimum absolute atomic E-state index is 0.0971. The summed E-state index contributed by atoms with van der Waals surface area (Å²) < 4.78 is 0. The van der Waals surface area contributed by atoms with Crippen LogP contribution < -0.4 is 0 Å². The summed E-state index contributed by atoms with van der Waals surface area (Å²) >= 11 is 12.2. The Bertz CT molecular complexity index is 746. The predicted octanol–water partition coefficient (Wildman–Crippen LogP) is 4.52. The van der Waals surface area contributed by atoms with Crippen molar-refractivity contribution in [2.75, 3.05) is 0 Å². The molecule has 0 saturated heterocycles. The van der Waals surface area contributed by atoms with Gasteiger partial charge in [-0.1, -0.05) is 35.3 Å². The normalized spacial score (nSPS) is 12.0. The van der Waals surface area contributed by atoms with E-state index in [2.05, 4.69) is 0 Å². The number of aromatic hydroxyl groups is 1. The van der Waals surface area contributed by atoms with Crippen LogP contribution in [0.2, 0.25) is 10.0 Å². The summed E-state index contributed by atoms with van der Waals surface area (Å²) in [7, 11) is 0. The van der Waals surface area contributed by atoms with Crippen molar-refractivity contribution in [3.05, 3.63) is 63.1 Å². The topological polar surface area (TPSA) is 74.6 Å². The van der Waals surface area contributed by atoms with Crippen LogP contribution in [0.5, 0.6) is 5.75 Å². The SMILES string of the molecule is Cc1cc(Cl)c(C(=O)C[C@@H](Cc2ccc(O)cc2)C(=O)O)c(Cl)c1. The molecule has 0 radical (unpaired) electrons. The summed E-state index contributed by atoms with van der Waals surface area (Å²) in [6.07, 6.45) is -0.0405. The molecule has 0 bridgehead atoms. The zero-order valence-electron chi connectivity index (χ0n) is 12.9. The third-order valence-corrected chi connectivity index (χ3v) is 4.26. The van der Waals surface area contributed by atoms with Gasteiger partial charge < -0.3 is 10.2 Å². The third-order valence-electron chi connectivity index (χ3n) is 3.66. The number of aliphatic carboxylic acids is 1. The second kappa shape index (κ2) is 7.69. The van der Waals surface area contributed by atoms with E-state index in [4.69, 9.17) is 23.2 Å². The van der Waals surface area contributed by atoms with Gasteiger partial charge in [0, 0.05) is 6.42 Å². The lowest BCUT2D eigenvalue weighted by Gasteiger charge is -2.13. The van der Waals surface area contributed by atoms with Crippen molar-refractivity contribution in [3.63, 3.8) is 0 Å². The predicted molar refractivity (Wildman–Crippen MR) is 93.1 cm³/mol. The highest BCUT2D eigenvalue weighted by atomic mass is 35.5. The van der Waals surface area contributed by atoms with E-state index in [1.165, 1.54) is 12.1 Å². The van der Waals surface area contributed by atoms with Crippen molar-refractivity contribution >= 4 is 35.0 Å². The molecule has 0 aliphatic heterocycles. The first-order valence-electron chi connectivity index (χ1n) is 7.27. The number of hydrogen-bond donors (Lipinski definition) is 2. The molecule has 6 heteroatoms. The number of halogens is 2. The van der Waals surface area contributed by atoms with Crippen molar-refractivity contribution < 1.29 is 19.8 Å². The number of rotatable bonds is 6. The molecule has 126 valence electrons. The van der Waals surface area contributed by atoms with Crippen molar-refractivity contribution in [2.45, 2.75) is 19.8 Å². The quantitative estimate of drug-likeness (QED) is 0.736. The van der Waals surface area contributed by atoms with E-state index in [1.54, 1.807) is 31.2 Å². The third kappa shape index (κ3) is 4.49. The van der Waals surface area contributed by atoms with Crippen molar-refractivity contribution in [3.8, 4) is 5.75 Å². The molecule has 0 unspecified atom stereocenters. The smallest absolute Gasteiger partial charge is 0.307 e. The fourth-order valence-corrected chi connectivity index (χ4v) is 3.26. The van der Waals surface area contributed by atoms with Gasteiger partial charge in [0.1, 0.15) is 5.75 Å². The van der Waals surface area contributed by atoms with Gasteiger partial charge in [0.15, 0.2) is 5.78 Å². The Balaban J connectivity index is 2.20. The second-order valence-corrected chi connectivity index (χ2v) is 6.45. The Morgan fingerprint density at radius 3 is 2.12 bits per heavy atom. The van der Waals surface area contributed by atoms with Gasteiger partial charge in [0.25, 0.3) is 0 Å². The molecule has 4 nitrogen and oxygen atoms in total. The first kappa shape index (κ1) is 18.3. The molecule has 0 saturated carbocycles. The van der Waals surface area contributed by atoms with Crippen LogP contribution in [0.3, 0.4) is 0 Å². The average Bonchev–Trinajstić information content (AvgIpc) is 2.47. The minimum Gasteiger partial charge on any atom is -0.508 e. The van der Waals surface area contributed by atoms with E-state index in [9.17, 15) is 19.8 Å². The number of benzene rings is 2. The Hall–Kier alpha value is -2.04. The van der Waals surface area contributed by atoms with Gasteiger partial charge in [-0.05, 0) is 48.7 Å².